The molecule has 180 valence electrons. The van der Waals surface area contributed by atoms with Gasteiger partial charge in [-0.15, -0.1) is 0 Å². The summed E-state index contributed by atoms with van der Waals surface area (Å²) in [5.74, 6) is 0.551. The third kappa shape index (κ3) is 7.09. The second-order valence-electron chi connectivity index (χ2n) is 9.08. The number of carbonyl (C=O) groups is 1. The number of amides is 1. The molecule has 0 saturated heterocycles. The molecule has 0 bridgehead atoms. The van der Waals surface area contributed by atoms with Crippen LogP contribution in [-0.4, -0.2) is 20.9 Å². The molecule has 6 nitrogen and oxygen atoms in total. The first-order chi connectivity index (χ1) is 16.1. The third-order valence-electron chi connectivity index (χ3n) is 5.33. The van der Waals surface area contributed by atoms with Gasteiger partial charge in [0.15, 0.2) is 0 Å². The predicted molar refractivity (Wildman–Crippen MR) is 137 cm³/mol. The molecular weight excluding hydrogens is 448 g/mol. The van der Waals surface area contributed by atoms with Gasteiger partial charge in [0.2, 0.25) is 5.91 Å². The fourth-order valence-corrected chi connectivity index (χ4v) is 4.43. The normalized spacial score (nSPS) is 11.6. The zero-order valence-corrected chi connectivity index (χ0v) is 20.9. The van der Waals surface area contributed by atoms with E-state index in [1.54, 1.807) is 36.4 Å². The molecule has 2 N–H and O–H groups in total. The van der Waals surface area contributed by atoms with Crippen LogP contribution in [0.15, 0.2) is 77.7 Å². The maximum atomic E-state index is 12.7. The van der Waals surface area contributed by atoms with Crippen molar-refractivity contribution in [3.05, 3.63) is 83.9 Å². The Kier molecular flexibility index (Phi) is 7.99. The highest BCUT2D eigenvalue weighted by Gasteiger charge is 2.15. The summed E-state index contributed by atoms with van der Waals surface area (Å²) >= 11 is 0. The summed E-state index contributed by atoms with van der Waals surface area (Å²) in [6, 6.07) is 21.2. The van der Waals surface area contributed by atoms with Crippen LogP contribution in [0.4, 0.5) is 11.4 Å². The van der Waals surface area contributed by atoms with Gasteiger partial charge in [-0.1, -0.05) is 45.0 Å². The third-order valence-corrected chi connectivity index (χ3v) is 6.72. The van der Waals surface area contributed by atoms with Gasteiger partial charge < -0.3 is 10.1 Å². The molecule has 3 rings (SSSR count). The molecule has 34 heavy (non-hydrogen) atoms. The van der Waals surface area contributed by atoms with Gasteiger partial charge in [-0.3, -0.25) is 9.52 Å². The Labute approximate surface area is 202 Å². The predicted octanol–water partition coefficient (Wildman–Crippen LogP) is 5.75. The summed E-state index contributed by atoms with van der Waals surface area (Å²) in [7, 11) is -3.75. The molecule has 3 aromatic rings. The average molecular weight is 481 g/mol. The number of sulfonamides is 1. The van der Waals surface area contributed by atoms with E-state index >= 15 is 0 Å². The van der Waals surface area contributed by atoms with Crippen molar-refractivity contribution in [1.29, 1.82) is 0 Å². The number of benzene rings is 3. The summed E-state index contributed by atoms with van der Waals surface area (Å²) in [6.45, 7) is 8.93. The molecule has 0 heterocycles. The van der Waals surface area contributed by atoms with E-state index in [1.807, 2.05) is 6.92 Å². The van der Waals surface area contributed by atoms with E-state index in [1.165, 1.54) is 17.7 Å². The van der Waals surface area contributed by atoms with Crippen molar-refractivity contribution in [2.45, 2.75) is 50.8 Å². The summed E-state index contributed by atoms with van der Waals surface area (Å²) in [4.78, 5) is 12.5. The molecular formula is C27H32N2O4S. The number of anilines is 2. The molecule has 0 radical (unpaired) electrons. The maximum absolute atomic E-state index is 12.7. The highest BCUT2D eigenvalue weighted by atomic mass is 32.2. The van der Waals surface area contributed by atoms with E-state index in [0.29, 0.717) is 36.6 Å². The zero-order valence-electron chi connectivity index (χ0n) is 20.1. The summed E-state index contributed by atoms with van der Waals surface area (Å²) in [5, 5.41) is 2.83. The number of nitrogens with one attached hydrogen (secondary N) is 2. The van der Waals surface area contributed by atoms with E-state index < -0.39 is 10.0 Å². The summed E-state index contributed by atoms with van der Waals surface area (Å²) in [6.07, 6.45) is 0.975. The zero-order chi connectivity index (χ0) is 24.8. The number of hydrogen-bond acceptors (Lipinski definition) is 4. The Morgan fingerprint density at radius 2 is 1.44 bits per heavy atom. The smallest absolute Gasteiger partial charge is 0.261 e. The maximum Gasteiger partial charge on any atom is 0.261 e. The Bertz CT molecular complexity index is 1200. The lowest BCUT2D eigenvalue weighted by Gasteiger charge is -2.19. The molecule has 0 atom stereocenters. The van der Waals surface area contributed by atoms with Crippen molar-refractivity contribution in [2.75, 3.05) is 16.6 Å². The molecule has 0 unspecified atom stereocenters. The van der Waals surface area contributed by atoms with E-state index in [2.05, 4.69) is 55.1 Å². The van der Waals surface area contributed by atoms with E-state index in [-0.39, 0.29) is 16.2 Å². The van der Waals surface area contributed by atoms with Gasteiger partial charge in [-0.05, 0) is 78.4 Å². The number of rotatable bonds is 9. The molecule has 7 heteroatoms. The van der Waals surface area contributed by atoms with Gasteiger partial charge in [-0.25, -0.2) is 8.42 Å². The number of hydrogen-bond donors (Lipinski definition) is 2. The number of aryl methyl sites for hydroxylation is 1. The molecule has 0 fully saturated rings. The Hall–Kier alpha value is -3.32. The lowest BCUT2D eigenvalue weighted by Crippen LogP contribution is -2.14. The highest BCUT2D eigenvalue weighted by Crippen LogP contribution is 2.23. The summed E-state index contributed by atoms with van der Waals surface area (Å²) in [5.41, 5.74) is 3.45. The molecule has 0 spiro atoms. The van der Waals surface area contributed by atoms with Crippen molar-refractivity contribution in [1.82, 2.24) is 0 Å². The van der Waals surface area contributed by atoms with Crippen LogP contribution in [0.25, 0.3) is 0 Å². The molecule has 0 aliphatic rings. The van der Waals surface area contributed by atoms with Gasteiger partial charge in [0.05, 0.1) is 11.5 Å². The fraction of sp³-hybridized carbons (Fsp3) is 0.296. The fourth-order valence-electron chi connectivity index (χ4n) is 3.37. The highest BCUT2D eigenvalue weighted by molar-refractivity contribution is 7.92. The monoisotopic (exact) mass is 480 g/mol. The Morgan fingerprint density at radius 3 is 2.00 bits per heavy atom. The Morgan fingerprint density at radius 1 is 0.853 bits per heavy atom. The number of carbonyl (C=O) groups excluding carboxylic acids is 1. The van der Waals surface area contributed by atoms with Gasteiger partial charge >= 0.3 is 0 Å². The van der Waals surface area contributed by atoms with Crippen LogP contribution in [-0.2, 0) is 26.7 Å². The lowest BCUT2D eigenvalue weighted by atomic mass is 9.86. The van der Waals surface area contributed by atoms with E-state index in [4.69, 9.17) is 4.74 Å². The van der Waals surface area contributed by atoms with Crippen LogP contribution in [0.3, 0.4) is 0 Å². The van der Waals surface area contributed by atoms with Crippen LogP contribution in [0.5, 0.6) is 5.75 Å². The van der Waals surface area contributed by atoms with Crippen molar-refractivity contribution < 1.29 is 17.9 Å². The van der Waals surface area contributed by atoms with Gasteiger partial charge in [0, 0.05) is 17.8 Å². The molecule has 1 amide bonds. The molecule has 0 aromatic heterocycles. The van der Waals surface area contributed by atoms with Gasteiger partial charge in [0.25, 0.3) is 10.0 Å². The molecule has 3 aromatic carbocycles. The standard InChI is InChI=1S/C27H32N2O4S/c1-5-33-24-15-11-23(12-16-24)29-34(31,32)25-17-13-22(14-18-25)28-26(30)19-8-20-6-9-21(10-7-20)27(2,3)4/h6-7,9-18,29H,5,8,19H2,1-4H3,(H,28,30). The minimum absolute atomic E-state index is 0.0965. The SMILES string of the molecule is CCOc1ccc(NS(=O)(=O)c2ccc(NC(=O)CCc3ccc(C(C)(C)C)cc3)cc2)cc1. The first kappa shape index (κ1) is 25.3. The molecule has 0 aliphatic heterocycles. The van der Waals surface area contributed by atoms with Crippen molar-refractivity contribution in [2.24, 2.45) is 0 Å². The summed E-state index contributed by atoms with van der Waals surface area (Å²) < 4.78 is 33.2. The first-order valence-corrected chi connectivity index (χ1v) is 12.8. The largest absolute Gasteiger partial charge is 0.494 e. The van der Waals surface area contributed by atoms with E-state index in [0.717, 1.165) is 5.56 Å². The lowest BCUT2D eigenvalue weighted by molar-refractivity contribution is -0.116. The van der Waals surface area contributed by atoms with Crippen LogP contribution >= 0.6 is 0 Å². The first-order valence-electron chi connectivity index (χ1n) is 11.3. The average Bonchev–Trinajstić information content (AvgIpc) is 2.79. The molecule has 0 saturated carbocycles. The minimum atomic E-state index is -3.75. The second-order valence-corrected chi connectivity index (χ2v) is 10.8. The quantitative estimate of drug-likeness (QED) is 0.408. The molecule has 0 aliphatic carbocycles. The van der Waals surface area contributed by atoms with Gasteiger partial charge in [-0.2, -0.15) is 0 Å². The topological polar surface area (TPSA) is 84.5 Å². The number of ether oxygens (including phenoxy) is 1. The van der Waals surface area contributed by atoms with Gasteiger partial charge in [0.1, 0.15) is 5.75 Å². The van der Waals surface area contributed by atoms with Crippen molar-refractivity contribution in [3.63, 3.8) is 0 Å². The van der Waals surface area contributed by atoms with Crippen LogP contribution in [0.2, 0.25) is 0 Å². The second kappa shape index (κ2) is 10.7. The van der Waals surface area contributed by atoms with Crippen LogP contribution in [0, 0.1) is 0 Å². The van der Waals surface area contributed by atoms with Crippen LogP contribution in [0.1, 0.15) is 45.2 Å². The van der Waals surface area contributed by atoms with Crippen molar-refractivity contribution >= 4 is 27.3 Å². The van der Waals surface area contributed by atoms with Crippen LogP contribution < -0.4 is 14.8 Å². The Balaban J connectivity index is 1.54. The minimum Gasteiger partial charge on any atom is -0.494 e. The van der Waals surface area contributed by atoms with E-state index in [9.17, 15) is 13.2 Å². The van der Waals surface area contributed by atoms with Crippen molar-refractivity contribution in [3.8, 4) is 5.75 Å².